The van der Waals surface area contributed by atoms with Crippen molar-refractivity contribution in [1.82, 2.24) is 4.72 Å². The molecule has 0 heterocycles. The molecule has 2 rings (SSSR count). The fraction of sp³-hybridized carbons (Fsp3) is 0.562. The molecule has 1 aliphatic rings. The van der Waals surface area contributed by atoms with Gasteiger partial charge < -0.3 is 5.32 Å². The van der Waals surface area contributed by atoms with E-state index in [4.69, 9.17) is 0 Å². The standard InChI is InChI=1S/C16H23FN2O3S/c1-9(2)13-7-11(17)8-14(10(3)4)15(13)18-16(20)19-23(21,22)12-5-6-12/h7-10,12H,5-6H2,1-4H3,(H2,18,19,20). The number of hydrogen-bond acceptors (Lipinski definition) is 3. The Balaban J connectivity index is 2.31. The lowest BCUT2D eigenvalue weighted by Gasteiger charge is -2.20. The predicted molar refractivity (Wildman–Crippen MR) is 88.7 cm³/mol. The molecule has 1 aliphatic carbocycles. The lowest BCUT2D eigenvalue weighted by molar-refractivity contribution is 0.256. The average Bonchev–Trinajstić information content (AvgIpc) is 3.23. The van der Waals surface area contributed by atoms with Crippen LogP contribution < -0.4 is 10.0 Å². The number of sulfonamides is 1. The third kappa shape index (κ3) is 4.22. The van der Waals surface area contributed by atoms with Crippen molar-refractivity contribution < 1.29 is 17.6 Å². The largest absolute Gasteiger partial charge is 0.332 e. The van der Waals surface area contributed by atoms with E-state index in [9.17, 15) is 17.6 Å². The Morgan fingerprint density at radius 3 is 2.00 bits per heavy atom. The summed E-state index contributed by atoms with van der Waals surface area (Å²) in [5.41, 5.74) is 1.78. The van der Waals surface area contributed by atoms with Crippen molar-refractivity contribution in [3.05, 3.63) is 29.1 Å². The van der Waals surface area contributed by atoms with Crippen LogP contribution in [0.1, 0.15) is 63.5 Å². The molecule has 128 valence electrons. The van der Waals surface area contributed by atoms with Crippen LogP contribution in [0.25, 0.3) is 0 Å². The third-order valence-corrected chi connectivity index (χ3v) is 5.66. The molecule has 1 aromatic carbocycles. The summed E-state index contributed by atoms with van der Waals surface area (Å²) >= 11 is 0. The van der Waals surface area contributed by atoms with Crippen molar-refractivity contribution in [2.24, 2.45) is 0 Å². The van der Waals surface area contributed by atoms with Crippen LogP contribution >= 0.6 is 0 Å². The maximum absolute atomic E-state index is 13.8. The number of benzene rings is 1. The number of anilines is 1. The van der Waals surface area contributed by atoms with E-state index in [1.807, 2.05) is 32.4 Å². The molecule has 0 spiro atoms. The van der Waals surface area contributed by atoms with Gasteiger partial charge >= 0.3 is 6.03 Å². The molecule has 0 unspecified atom stereocenters. The summed E-state index contributed by atoms with van der Waals surface area (Å²) in [6.45, 7) is 7.57. The Labute approximate surface area is 136 Å². The molecule has 0 atom stereocenters. The second kappa shape index (κ2) is 6.47. The molecule has 0 bridgehead atoms. The number of urea groups is 1. The molecule has 23 heavy (non-hydrogen) atoms. The van der Waals surface area contributed by atoms with Gasteiger partial charge in [-0.25, -0.2) is 22.3 Å². The van der Waals surface area contributed by atoms with E-state index in [2.05, 4.69) is 5.32 Å². The SMILES string of the molecule is CC(C)c1cc(F)cc(C(C)C)c1NC(=O)NS(=O)(=O)C1CC1. The van der Waals surface area contributed by atoms with Crippen molar-refractivity contribution in [3.8, 4) is 0 Å². The molecule has 2 N–H and O–H groups in total. The lowest BCUT2D eigenvalue weighted by atomic mass is 9.92. The van der Waals surface area contributed by atoms with Gasteiger partial charge in [0.2, 0.25) is 10.0 Å². The first-order valence-corrected chi connectivity index (χ1v) is 9.32. The van der Waals surface area contributed by atoms with Crippen LogP contribution in [0.4, 0.5) is 14.9 Å². The van der Waals surface area contributed by atoms with Crippen LogP contribution in [-0.4, -0.2) is 19.7 Å². The smallest absolute Gasteiger partial charge is 0.307 e. The lowest BCUT2D eigenvalue weighted by Crippen LogP contribution is -2.37. The van der Waals surface area contributed by atoms with Gasteiger partial charge in [0.15, 0.2) is 0 Å². The van der Waals surface area contributed by atoms with Gasteiger partial charge in [-0.15, -0.1) is 0 Å². The maximum Gasteiger partial charge on any atom is 0.332 e. The van der Waals surface area contributed by atoms with Crippen LogP contribution in [0.3, 0.4) is 0 Å². The zero-order valence-electron chi connectivity index (χ0n) is 13.8. The van der Waals surface area contributed by atoms with Crippen molar-refractivity contribution in [3.63, 3.8) is 0 Å². The molecule has 2 amide bonds. The van der Waals surface area contributed by atoms with Crippen LogP contribution in [0.2, 0.25) is 0 Å². The predicted octanol–water partition coefficient (Wildman–Crippen LogP) is 3.69. The summed E-state index contributed by atoms with van der Waals surface area (Å²) in [7, 11) is -3.62. The molecular weight excluding hydrogens is 319 g/mol. The van der Waals surface area contributed by atoms with E-state index in [0.29, 0.717) is 29.7 Å². The highest BCUT2D eigenvalue weighted by atomic mass is 32.2. The van der Waals surface area contributed by atoms with Gasteiger partial charge in [0.25, 0.3) is 0 Å². The minimum atomic E-state index is -3.62. The summed E-state index contributed by atoms with van der Waals surface area (Å²) in [6, 6.07) is 1.95. The first kappa shape index (κ1) is 17.7. The minimum Gasteiger partial charge on any atom is -0.307 e. The molecule has 1 fully saturated rings. The summed E-state index contributed by atoms with van der Waals surface area (Å²) < 4.78 is 39.6. The van der Waals surface area contributed by atoms with E-state index in [1.165, 1.54) is 12.1 Å². The Bertz CT molecular complexity index is 681. The molecule has 0 aromatic heterocycles. The maximum atomic E-state index is 13.8. The Morgan fingerprint density at radius 2 is 1.61 bits per heavy atom. The highest BCUT2D eigenvalue weighted by Crippen LogP contribution is 2.34. The fourth-order valence-corrected chi connectivity index (χ4v) is 3.67. The van der Waals surface area contributed by atoms with Crippen LogP contribution in [0.15, 0.2) is 12.1 Å². The topological polar surface area (TPSA) is 75.3 Å². The molecule has 7 heteroatoms. The number of carbonyl (C=O) groups is 1. The van der Waals surface area contributed by atoms with Gasteiger partial charge in [0, 0.05) is 5.69 Å². The first-order valence-electron chi connectivity index (χ1n) is 7.77. The van der Waals surface area contributed by atoms with E-state index in [-0.39, 0.29) is 17.7 Å². The molecular formula is C16H23FN2O3S. The van der Waals surface area contributed by atoms with Gasteiger partial charge in [0.1, 0.15) is 5.82 Å². The number of nitrogens with one attached hydrogen (secondary N) is 2. The molecule has 0 aliphatic heterocycles. The monoisotopic (exact) mass is 342 g/mol. The minimum absolute atomic E-state index is 0.0152. The van der Waals surface area contributed by atoms with E-state index >= 15 is 0 Å². The van der Waals surface area contributed by atoms with Gasteiger partial charge in [-0.05, 0) is 47.9 Å². The zero-order valence-corrected chi connectivity index (χ0v) is 14.6. The number of halogens is 1. The van der Waals surface area contributed by atoms with Gasteiger partial charge in [-0.1, -0.05) is 27.7 Å². The third-order valence-electron chi connectivity index (χ3n) is 3.84. The zero-order chi connectivity index (χ0) is 17.4. The van der Waals surface area contributed by atoms with Gasteiger partial charge in [-0.3, -0.25) is 0 Å². The highest BCUT2D eigenvalue weighted by molar-refractivity contribution is 7.90. The van der Waals surface area contributed by atoms with Crippen LogP contribution in [0.5, 0.6) is 0 Å². The van der Waals surface area contributed by atoms with Crippen molar-refractivity contribution in [2.75, 3.05) is 5.32 Å². The van der Waals surface area contributed by atoms with Crippen LogP contribution in [-0.2, 0) is 10.0 Å². The number of amides is 2. The molecule has 0 radical (unpaired) electrons. The number of hydrogen-bond donors (Lipinski definition) is 2. The van der Waals surface area contributed by atoms with Crippen molar-refractivity contribution in [1.29, 1.82) is 0 Å². The average molecular weight is 342 g/mol. The number of rotatable bonds is 5. The summed E-state index contributed by atoms with van der Waals surface area (Å²) in [4.78, 5) is 12.1. The molecule has 1 saturated carbocycles. The molecule has 1 aromatic rings. The van der Waals surface area contributed by atoms with E-state index in [1.54, 1.807) is 0 Å². The second-order valence-corrected chi connectivity index (χ2v) is 8.53. The van der Waals surface area contributed by atoms with Crippen molar-refractivity contribution in [2.45, 2.75) is 57.6 Å². The van der Waals surface area contributed by atoms with Gasteiger partial charge in [0.05, 0.1) is 5.25 Å². The van der Waals surface area contributed by atoms with Crippen LogP contribution in [0, 0.1) is 5.82 Å². The normalized spacial score (nSPS) is 15.1. The highest BCUT2D eigenvalue weighted by Gasteiger charge is 2.37. The summed E-state index contributed by atoms with van der Waals surface area (Å²) in [6.07, 6.45) is 1.15. The Morgan fingerprint density at radius 1 is 1.13 bits per heavy atom. The molecule has 5 nitrogen and oxygen atoms in total. The summed E-state index contributed by atoms with van der Waals surface area (Å²) in [5.74, 6) is -0.397. The number of carbonyl (C=O) groups excluding carboxylic acids is 1. The van der Waals surface area contributed by atoms with E-state index in [0.717, 1.165) is 0 Å². The fourth-order valence-electron chi connectivity index (χ4n) is 2.43. The first-order chi connectivity index (χ1) is 10.6. The van der Waals surface area contributed by atoms with Crippen molar-refractivity contribution >= 4 is 21.7 Å². The Hall–Kier alpha value is -1.63. The summed E-state index contributed by atoms with van der Waals surface area (Å²) in [5, 5.41) is 2.14. The van der Waals surface area contributed by atoms with E-state index < -0.39 is 21.3 Å². The quantitative estimate of drug-likeness (QED) is 0.857. The second-order valence-electron chi connectivity index (χ2n) is 6.57. The van der Waals surface area contributed by atoms with Gasteiger partial charge in [-0.2, -0.15) is 0 Å². The molecule has 0 saturated heterocycles. The Kier molecular flexibility index (Phi) is 4.98.